The number of nitrogens with two attached hydrogens (primary N) is 1. The second kappa shape index (κ2) is 6.01. The fourth-order valence-corrected chi connectivity index (χ4v) is 1.59. The first-order valence-corrected chi connectivity index (χ1v) is 5.59. The third-order valence-electron chi connectivity index (χ3n) is 2.64. The van der Waals surface area contributed by atoms with Gasteiger partial charge in [0.1, 0.15) is 0 Å². The Labute approximate surface area is 111 Å². The van der Waals surface area contributed by atoms with Crippen LogP contribution in [0.4, 0.5) is 26.3 Å². The van der Waals surface area contributed by atoms with E-state index >= 15 is 0 Å². The van der Waals surface area contributed by atoms with E-state index in [1.165, 1.54) is 12.1 Å². The Bertz CT molecular complexity index is 440. The van der Waals surface area contributed by atoms with Gasteiger partial charge in [-0.25, -0.2) is 0 Å². The van der Waals surface area contributed by atoms with Crippen molar-refractivity contribution in [2.75, 3.05) is 0 Å². The van der Waals surface area contributed by atoms with Gasteiger partial charge in [-0.1, -0.05) is 18.2 Å². The van der Waals surface area contributed by atoms with E-state index in [1.54, 1.807) is 13.0 Å². The second-order valence-corrected chi connectivity index (χ2v) is 4.24. The zero-order chi connectivity index (χ0) is 15.6. The maximum atomic E-state index is 12.3. The highest BCUT2D eigenvalue weighted by atomic mass is 19.4. The second-order valence-electron chi connectivity index (χ2n) is 4.24. The SMILES string of the molecule is Cc1cc(CN)ccc1COC(C(F)(F)F)C(F)(F)F. The van der Waals surface area contributed by atoms with Crippen LogP contribution in [0.2, 0.25) is 0 Å². The molecule has 0 aliphatic rings. The molecule has 8 heteroatoms. The van der Waals surface area contributed by atoms with Crippen LogP contribution >= 0.6 is 0 Å². The summed E-state index contributed by atoms with van der Waals surface area (Å²) in [6, 6.07) is 4.53. The largest absolute Gasteiger partial charge is 0.423 e. The molecule has 0 aliphatic carbocycles. The fraction of sp³-hybridized carbons (Fsp3) is 0.500. The average molecular weight is 301 g/mol. The van der Waals surface area contributed by atoms with E-state index in [-0.39, 0.29) is 12.1 Å². The summed E-state index contributed by atoms with van der Waals surface area (Å²) in [4.78, 5) is 0. The molecule has 0 radical (unpaired) electrons. The molecule has 0 aromatic heterocycles. The van der Waals surface area contributed by atoms with E-state index in [9.17, 15) is 26.3 Å². The quantitative estimate of drug-likeness (QED) is 0.864. The number of rotatable bonds is 4. The Morgan fingerprint density at radius 1 is 1.10 bits per heavy atom. The summed E-state index contributed by atoms with van der Waals surface area (Å²) in [7, 11) is 0. The standard InChI is InChI=1S/C12H13F6NO/c1-7-4-8(5-19)2-3-9(7)6-20-10(11(13,14)15)12(16,17)18/h2-4,10H,5-6,19H2,1H3. The van der Waals surface area contributed by atoms with Gasteiger partial charge in [-0.2, -0.15) is 26.3 Å². The molecule has 1 aromatic carbocycles. The lowest BCUT2D eigenvalue weighted by Crippen LogP contribution is -2.44. The lowest BCUT2D eigenvalue weighted by atomic mass is 10.1. The first kappa shape index (κ1) is 16.8. The summed E-state index contributed by atoms with van der Waals surface area (Å²) in [6.45, 7) is 1.02. The van der Waals surface area contributed by atoms with Gasteiger partial charge in [-0.3, -0.25) is 0 Å². The van der Waals surface area contributed by atoms with Crippen molar-refractivity contribution in [2.24, 2.45) is 5.73 Å². The van der Waals surface area contributed by atoms with Gasteiger partial charge in [-0.05, 0) is 23.6 Å². The number of aryl methyl sites for hydroxylation is 1. The van der Waals surface area contributed by atoms with Gasteiger partial charge in [-0.15, -0.1) is 0 Å². The van der Waals surface area contributed by atoms with E-state index in [0.29, 0.717) is 5.56 Å². The van der Waals surface area contributed by atoms with E-state index in [4.69, 9.17) is 5.73 Å². The van der Waals surface area contributed by atoms with Crippen LogP contribution in [0.1, 0.15) is 16.7 Å². The van der Waals surface area contributed by atoms with Crippen molar-refractivity contribution < 1.29 is 31.1 Å². The molecule has 0 saturated heterocycles. The number of alkyl halides is 6. The third-order valence-corrected chi connectivity index (χ3v) is 2.64. The van der Waals surface area contributed by atoms with Crippen LogP contribution in [-0.2, 0) is 17.9 Å². The lowest BCUT2D eigenvalue weighted by Gasteiger charge is -2.23. The van der Waals surface area contributed by atoms with Gasteiger partial charge < -0.3 is 10.5 Å². The van der Waals surface area contributed by atoms with Crippen LogP contribution in [0, 0.1) is 6.92 Å². The molecule has 0 aliphatic heterocycles. The van der Waals surface area contributed by atoms with Gasteiger partial charge in [0.15, 0.2) is 0 Å². The molecule has 0 fully saturated rings. The first-order valence-electron chi connectivity index (χ1n) is 5.59. The molecular weight excluding hydrogens is 288 g/mol. The molecule has 1 aromatic rings. The van der Waals surface area contributed by atoms with Crippen molar-refractivity contribution in [3.63, 3.8) is 0 Å². The number of ether oxygens (including phenoxy) is 1. The molecule has 1 rings (SSSR count). The Kier molecular flexibility index (Phi) is 5.04. The molecule has 20 heavy (non-hydrogen) atoms. The molecule has 2 N–H and O–H groups in total. The monoisotopic (exact) mass is 301 g/mol. The summed E-state index contributed by atoms with van der Waals surface area (Å²) in [5.74, 6) is 0. The van der Waals surface area contributed by atoms with Crippen molar-refractivity contribution in [3.05, 3.63) is 34.9 Å². The van der Waals surface area contributed by atoms with E-state index in [0.717, 1.165) is 5.56 Å². The summed E-state index contributed by atoms with van der Waals surface area (Å²) in [5, 5.41) is 0. The number of hydrogen-bond acceptors (Lipinski definition) is 2. The molecule has 114 valence electrons. The van der Waals surface area contributed by atoms with Crippen LogP contribution in [0.3, 0.4) is 0 Å². The average Bonchev–Trinajstić information content (AvgIpc) is 2.27. The zero-order valence-electron chi connectivity index (χ0n) is 10.5. The topological polar surface area (TPSA) is 35.2 Å². The smallest absolute Gasteiger partial charge is 0.356 e. The van der Waals surface area contributed by atoms with Crippen LogP contribution in [-0.4, -0.2) is 18.5 Å². The highest BCUT2D eigenvalue weighted by Gasteiger charge is 2.57. The maximum absolute atomic E-state index is 12.3. The van der Waals surface area contributed by atoms with Crippen molar-refractivity contribution in [3.8, 4) is 0 Å². The number of hydrogen-bond donors (Lipinski definition) is 1. The van der Waals surface area contributed by atoms with Gasteiger partial charge >= 0.3 is 12.4 Å². The Hall–Kier alpha value is -1.28. The summed E-state index contributed by atoms with van der Waals surface area (Å²) < 4.78 is 77.7. The number of benzene rings is 1. The fourth-order valence-electron chi connectivity index (χ4n) is 1.59. The molecule has 0 amide bonds. The molecule has 0 atom stereocenters. The minimum absolute atomic E-state index is 0.232. The molecule has 0 bridgehead atoms. The van der Waals surface area contributed by atoms with Gasteiger partial charge in [0.25, 0.3) is 0 Å². The molecule has 2 nitrogen and oxygen atoms in total. The number of halogens is 6. The van der Waals surface area contributed by atoms with Gasteiger partial charge in [0, 0.05) is 6.54 Å². The normalized spacial score (nSPS) is 13.1. The molecule has 0 heterocycles. The van der Waals surface area contributed by atoms with Crippen LogP contribution in [0.5, 0.6) is 0 Å². The predicted octanol–water partition coefficient (Wildman–Crippen LogP) is 3.46. The first-order chi connectivity index (χ1) is 9.05. The Balaban J connectivity index is 2.83. The van der Waals surface area contributed by atoms with Crippen LogP contribution in [0.25, 0.3) is 0 Å². The molecule has 0 spiro atoms. The zero-order valence-corrected chi connectivity index (χ0v) is 10.5. The van der Waals surface area contributed by atoms with E-state index < -0.39 is 25.1 Å². The minimum atomic E-state index is -5.50. The minimum Gasteiger partial charge on any atom is -0.356 e. The van der Waals surface area contributed by atoms with E-state index in [1.807, 2.05) is 0 Å². The van der Waals surface area contributed by atoms with Crippen molar-refractivity contribution in [1.29, 1.82) is 0 Å². The molecule has 0 unspecified atom stereocenters. The molecular formula is C12H13F6NO. The van der Waals surface area contributed by atoms with Crippen molar-refractivity contribution in [2.45, 2.75) is 38.5 Å². The van der Waals surface area contributed by atoms with Crippen molar-refractivity contribution in [1.82, 2.24) is 0 Å². The van der Waals surface area contributed by atoms with Crippen molar-refractivity contribution >= 4 is 0 Å². The maximum Gasteiger partial charge on any atom is 0.423 e. The Morgan fingerprint density at radius 2 is 1.65 bits per heavy atom. The summed E-state index contributed by atoms with van der Waals surface area (Å²) >= 11 is 0. The predicted molar refractivity (Wildman–Crippen MR) is 59.8 cm³/mol. The summed E-state index contributed by atoms with van der Waals surface area (Å²) in [6.07, 6.45) is -14.8. The lowest BCUT2D eigenvalue weighted by molar-refractivity contribution is -0.324. The van der Waals surface area contributed by atoms with Crippen LogP contribution < -0.4 is 5.73 Å². The van der Waals surface area contributed by atoms with Gasteiger partial charge in [0.2, 0.25) is 6.10 Å². The molecule has 0 saturated carbocycles. The Morgan fingerprint density at radius 3 is 2.05 bits per heavy atom. The van der Waals surface area contributed by atoms with E-state index in [2.05, 4.69) is 4.74 Å². The summed E-state index contributed by atoms with van der Waals surface area (Å²) in [5.41, 5.74) is 6.88. The van der Waals surface area contributed by atoms with Gasteiger partial charge in [0.05, 0.1) is 6.61 Å². The highest BCUT2D eigenvalue weighted by molar-refractivity contribution is 5.30. The third kappa shape index (κ3) is 4.38. The highest BCUT2D eigenvalue weighted by Crippen LogP contribution is 2.36. The van der Waals surface area contributed by atoms with Crippen LogP contribution in [0.15, 0.2) is 18.2 Å².